The van der Waals surface area contributed by atoms with Crippen molar-refractivity contribution in [2.75, 3.05) is 26.0 Å². The lowest BCUT2D eigenvalue weighted by molar-refractivity contribution is -0.125. The lowest BCUT2D eigenvalue weighted by Gasteiger charge is -2.20. The maximum absolute atomic E-state index is 12.0. The van der Waals surface area contributed by atoms with Crippen molar-refractivity contribution < 1.29 is 14.4 Å². The number of benzene rings is 1. The quantitative estimate of drug-likeness (QED) is 0.797. The Kier molecular flexibility index (Phi) is 7.45. The summed E-state index contributed by atoms with van der Waals surface area (Å²) in [5, 5.41) is 5.61. The second-order valence-electron chi connectivity index (χ2n) is 6.93. The second-order valence-corrected chi connectivity index (χ2v) is 7.33. The van der Waals surface area contributed by atoms with Crippen LogP contribution in [0.25, 0.3) is 0 Å². The molecule has 26 heavy (non-hydrogen) atoms. The summed E-state index contributed by atoms with van der Waals surface area (Å²) in [4.78, 5) is 37.3. The molecule has 1 aromatic carbocycles. The van der Waals surface area contributed by atoms with Gasteiger partial charge in [-0.05, 0) is 37.0 Å². The third-order valence-corrected chi connectivity index (χ3v) is 4.85. The van der Waals surface area contributed by atoms with Crippen molar-refractivity contribution in [3.63, 3.8) is 0 Å². The average Bonchev–Trinajstić information content (AvgIpc) is 2.60. The van der Waals surface area contributed by atoms with Crippen LogP contribution in [0.2, 0.25) is 5.02 Å². The van der Waals surface area contributed by atoms with E-state index in [9.17, 15) is 14.4 Å². The van der Waals surface area contributed by atoms with Crippen molar-refractivity contribution in [3.05, 3.63) is 28.8 Å². The summed E-state index contributed by atoms with van der Waals surface area (Å²) < 4.78 is 0. The highest BCUT2D eigenvalue weighted by molar-refractivity contribution is 6.34. The Bertz CT molecular complexity index is 670. The first kappa shape index (κ1) is 20.2. The first-order chi connectivity index (χ1) is 12.4. The number of rotatable bonds is 6. The Morgan fingerprint density at radius 2 is 1.81 bits per heavy atom. The molecule has 0 unspecified atom stereocenters. The smallest absolute Gasteiger partial charge is 0.254 e. The van der Waals surface area contributed by atoms with Crippen LogP contribution in [0.4, 0.5) is 5.69 Å². The van der Waals surface area contributed by atoms with Gasteiger partial charge >= 0.3 is 0 Å². The molecular formula is C19H26ClN3O3. The molecule has 1 aliphatic carbocycles. The molecule has 0 aliphatic heterocycles. The monoisotopic (exact) mass is 379 g/mol. The summed E-state index contributed by atoms with van der Waals surface area (Å²) in [6.45, 7) is -0.0818. The van der Waals surface area contributed by atoms with E-state index in [2.05, 4.69) is 10.6 Å². The summed E-state index contributed by atoms with van der Waals surface area (Å²) in [5.74, 6) is -0.183. The Hall–Kier alpha value is -2.08. The molecule has 2 rings (SSSR count). The molecular weight excluding hydrogens is 354 g/mol. The number of hydrogen-bond acceptors (Lipinski definition) is 3. The topological polar surface area (TPSA) is 78.5 Å². The van der Waals surface area contributed by atoms with Crippen molar-refractivity contribution in [2.45, 2.75) is 38.5 Å². The van der Waals surface area contributed by atoms with Gasteiger partial charge in [-0.3, -0.25) is 14.4 Å². The Morgan fingerprint density at radius 1 is 1.12 bits per heavy atom. The van der Waals surface area contributed by atoms with E-state index in [1.54, 1.807) is 26.2 Å². The molecule has 0 atom stereocenters. The van der Waals surface area contributed by atoms with Gasteiger partial charge in [0.25, 0.3) is 5.91 Å². The molecule has 0 saturated heterocycles. The highest BCUT2D eigenvalue weighted by atomic mass is 35.5. The average molecular weight is 380 g/mol. The van der Waals surface area contributed by atoms with E-state index in [1.807, 2.05) is 0 Å². The standard InChI is InChI=1S/C19H26ClN3O3/c1-23(2)19(26)15-9-8-14(11-16(15)20)22-18(25)12-21-17(24)10-13-6-4-3-5-7-13/h8-9,11,13H,3-7,10,12H2,1-2H3,(H,21,24)(H,22,25). The number of nitrogens with zero attached hydrogens (tertiary/aromatic N) is 1. The first-order valence-electron chi connectivity index (χ1n) is 8.94. The van der Waals surface area contributed by atoms with Crippen LogP contribution in [0.15, 0.2) is 18.2 Å². The summed E-state index contributed by atoms with van der Waals surface area (Å²) in [7, 11) is 3.29. The van der Waals surface area contributed by atoms with E-state index in [0.29, 0.717) is 23.6 Å². The summed E-state index contributed by atoms with van der Waals surface area (Å²) in [6.07, 6.45) is 6.30. The Balaban J connectivity index is 1.81. The molecule has 1 saturated carbocycles. The lowest BCUT2D eigenvalue weighted by Crippen LogP contribution is -2.34. The highest BCUT2D eigenvalue weighted by Crippen LogP contribution is 2.26. The Labute approximate surface area is 159 Å². The molecule has 1 aliphatic rings. The molecule has 1 aromatic rings. The molecule has 7 heteroatoms. The SMILES string of the molecule is CN(C)C(=O)c1ccc(NC(=O)CNC(=O)CC2CCCCC2)cc1Cl. The van der Waals surface area contributed by atoms with Gasteiger partial charge in [-0.25, -0.2) is 0 Å². The minimum Gasteiger partial charge on any atom is -0.347 e. The maximum atomic E-state index is 12.0. The number of nitrogens with one attached hydrogen (secondary N) is 2. The van der Waals surface area contributed by atoms with Crippen LogP contribution in [0.1, 0.15) is 48.9 Å². The van der Waals surface area contributed by atoms with Gasteiger partial charge in [-0.2, -0.15) is 0 Å². The molecule has 0 bridgehead atoms. The molecule has 6 nitrogen and oxygen atoms in total. The van der Waals surface area contributed by atoms with Gasteiger partial charge in [-0.15, -0.1) is 0 Å². The van der Waals surface area contributed by atoms with Crippen LogP contribution in [0, 0.1) is 5.92 Å². The van der Waals surface area contributed by atoms with Crippen LogP contribution in [0.5, 0.6) is 0 Å². The fourth-order valence-electron chi connectivity index (χ4n) is 3.12. The van der Waals surface area contributed by atoms with Gasteiger partial charge in [0, 0.05) is 26.2 Å². The van der Waals surface area contributed by atoms with Crippen LogP contribution < -0.4 is 10.6 Å². The van der Waals surface area contributed by atoms with E-state index < -0.39 is 0 Å². The first-order valence-corrected chi connectivity index (χ1v) is 9.32. The van der Waals surface area contributed by atoms with Gasteiger partial charge in [0.1, 0.15) is 0 Å². The number of carbonyl (C=O) groups excluding carboxylic acids is 3. The molecule has 2 N–H and O–H groups in total. The maximum Gasteiger partial charge on any atom is 0.254 e. The minimum atomic E-state index is -0.329. The van der Waals surface area contributed by atoms with Crippen molar-refractivity contribution in [2.24, 2.45) is 5.92 Å². The fraction of sp³-hybridized carbons (Fsp3) is 0.526. The van der Waals surface area contributed by atoms with E-state index >= 15 is 0 Å². The predicted octanol–water partition coefficient (Wildman–Crippen LogP) is 3.07. The van der Waals surface area contributed by atoms with E-state index in [0.717, 1.165) is 12.8 Å². The predicted molar refractivity (Wildman–Crippen MR) is 102 cm³/mol. The fourth-order valence-corrected chi connectivity index (χ4v) is 3.38. The van der Waals surface area contributed by atoms with Gasteiger partial charge < -0.3 is 15.5 Å². The molecule has 142 valence electrons. The molecule has 0 spiro atoms. The van der Waals surface area contributed by atoms with E-state index in [1.165, 1.54) is 30.2 Å². The van der Waals surface area contributed by atoms with Gasteiger partial charge in [0.05, 0.1) is 17.1 Å². The summed E-state index contributed by atoms with van der Waals surface area (Å²) in [6, 6.07) is 4.71. The van der Waals surface area contributed by atoms with Crippen molar-refractivity contribution >= 4 is 35.0 Å². The third-order valence-electron chi connectivity index (χ3n) is 4.53. The summed E-state index contributed by atoms with van der Waals surface area (Å²) in [5.41, 5.74) is 0.854. The number of halogens is 1. The van der Waals surface area contributed by atoms with Crippen LogP contribution in [0.3, 0.4) is 0 Å². The molecule has 0 heterocycles. The van der Waals surface area contributed by atoms with Crippen LogP contribution >= 0.6 is 11.6 Å². The number of carbonyl (C=O) groups is 3. The zero-order valence-electron chi connectivity index (χ0n) is 15.3. The number of anilines is 1. The number of amides is 3. The second kappa shape index (κ2) is 9.57. The van der Waals surface area contributed by atoms with Gasteiger partial charge in [-0.1, -0.05) is 30.9 Å². The molecule has 0 aromatic heterocycles. The van der Waals surface area contributed by atoms with E-state index in [-0.39, 0.29) is 29.3 Å². The number of hydrogen-bond donors (Lipinski definition) is 2. The van der Waals surface area contributed by atoms with E-state index in [4.69, 9.17) is 11.6 Å². The highest BCUT2D eigenvalue weighted by Gasteiger charge is 2.17. The largest absolute Gasteiger partial charge is 0.347 e. The molecule has 1 fully saturated rings. The summed E-state index contributed by atoms with van der Waals surface area (Å²) >= 11 is 6.12. The Morgan fingerprint density at radius 3 is 2.42 bits per heavy atom. The zero-order chi connectivity index (χ0) is 19.1. The lowest BCUT2D eigenvalue weighted by atomic mass is 9.87. The third kappa shape index (κ3) is 6.02. The zero-order valence-corrected chi connectivity index (χ0v) is 16.1. The molecule has 0 radical (unpaired) electrons. The van der Waals surface area contributed by atoms with Gasteiger partial charge in [0.2, 0.25) is 11.8 Å². The van der Waals surface area contributed by atoms with Crippen LogP contribution in [-0.4, -0.2) is 43.3 Å². The van der Waals surface area contributed by atoms with Crippen molar-refractivity contribution in [1.82, 2.24) is 10.2 Å². The van der Waals surface area contributed by atoms with Crippen molar-refractivity contribution in [3.8, 4) is 0 Å². The molecule has 3 amide bonds. The van der Waals surface area contributed by atoms with Crippen LogP contribution in [-0.2, 0) is 9.59 Å². The van der Waals surface area contributed by atoms with Gasteiger partial charge in [0.15, 0.2) is 0 Å². The van der Waals surface area contributed by atoms with Crippen molar-refractivity contribution in [1.29, 1.82) is 0 Å². The normalized spacial score (nSPS) is 14.6. The minimum absolute atomic E-state index is 0.0818.